The van der Waals surface area contributed by atoms with Crippen LogP contribution in [0.2, 0.25) is 0 Å². The molecule has 0 heterocycles. The number of aryl methyl sites for hydroxylation is 1. The van der Waals surface area contributed by atoms with Crippen LogP contribution in [0.1, 0.15) is 5.56 Å². The number of methoxy groups -OCH3 is 1. The summed E-state index contributed by atoms with van der Waals surface area (Å²) in [5.41, 5.74) is 1.12. The lowest BCUT2D eigenvalue weighted by molar-refractivity contribution is 0.412. The summed E-state index contributed by atoms with van der Waals surface area (Å²) in [6.45, 7) is 1.75. The van der Waals surface area contributed by atoms with E-state index in [9.17, 15) is 8.42 Å². The SMILES string of the molecule is COc1cc(NS(=O)(=O)c2cc(Br)ccc2C)ccc1Br. The Balaban J connectivity index is 2.40. The Bertz CT molecular complexity index is 776. The van der Waals surface area contributed by atoms with Gasteiger partial charge in [-0.2, -0.15) is 0 Å². The molecular formula is C14H13Br2NO3S. The van der Waals surface area contributed by atoms with E-state index in [-0.39, 0.29) is 4.90 Å². The van der Waals surface area contributed by atoms with Gasteiger partial charge in [0.2, 0.25) is 0 Å². The topological polar surface area (TPSA) is 55.4 Å². The number of nitrogens with one attached hydrogen (secondary N) is 1. The highest BCUT2D eigenvalue weighted by atomic mass is 79.9. The molecule has 0 saturated carbocycles. The van der Waals surface area contributed by atoms with Gasteiger partial charge >= 0.3 is 0 Å². The van der Waals surface area contributed by atoms with E-state index in [0.29, 0.717) is 21.5 Å². The van der Waals surface area contributed by atoms with Gasteiger partial charge in [0.15, 0.2) is 0 Å². The van der Waals surface area contributed by atoms with Crippen LogP contribution in [0.3, 0.4) is 0 Å². The van der Waals surface area contributed by atoms with Gasteiger partial charge in [-0.25, -0.2) is 8.42 Å². The second-order valence-corrected chi connectivity index (χ2v) is 7.79. The minimum atomic E-state index is -3.66. The largest absolute Gasteiger partial charge is 0.495 e. The van der Waals surface area contributed by atoms with Gasteiger partial charge in [0, 0.05) is 10.5 Å². The zero-order valence-corrected chi connectivity index (χ0v) is 15.3. The third kappa shape index (κ3) is 3.78. The highest BCUT2D eigenvalue weighted by Gasteiger charge is 2.18. The van der Waals surface area contributed by atoms with Gasteiger partial charge in [-0.1, -0.05) is 22.0 Å². The van der Waals surface area contributed by atoms with Gasteiger partial charge in [0.1, 0.15) is 5.75 Å². The monoisotopic (exact) mass is 433 g/mol. The van der Waals surface area contributed by atoms with E-state index in [4.69, 9.17) is 4.74 Å². The van der Waals surface area contributed by atoms with Gasteiger partial charge in [-0.15, -0.1) is 0 Å². The summed E-state index contributed by atoms with van der Waals surface area (Å²) >= 11 is 6.62. The minimum Gasteiger partial charge on any atom is -0.495 e. The van der Waals surface area contributed by atoms with E-state index in [1.165, 1.54) is 7.11 Å². The molecule has 0 aliphatic rings. The molecular weight excluding hydrogens is 422 g/mol. The van der Waals surface area contributed by atoms with Crippen molar-refractivity contribution in [3.63, 3.8) is 0 Å². The van der Waals surface area contributed by atoms with Crippen molar-refractivity contribution >= 4 is 47.6 Å². The van der Waals surface area contributed by atoms with E-state index in [0.717, 1.165) is 4.47 Å². The van der Waals surface area contributed by atoms with Crippen LogP contribution >= 0.6 is 31.9 Å². The summed E-state index contributed by atoms with van der Waals surface area (Å²) in [5.74, 6) is 0.557. The Morgan fingerprint density at radius 1 is 1.10 bits per heavy atom. The highest BCUT2D eigenvalue weighted by molar-refractivity contribution is 9.10. The predicted molar refractivity (Wildman–Crippen MR) is 90.4 cm³/mol. The van der Waals surface area contributed by atoms with Crippen molar-refractivity contribution in [1.29, 1.82) is 0 Å². The fraction of sp³-hybridized carbons (Fsp3) is 0.143. The smallest absolute Gasteiger partial charge is 0.262 e. The summed E-state index contributed by atoms with van der Waals surface area (Å²) in [6.07, 6.45) is 0. The molecule has 0 aromatic heterocycles. The Hall–Kier alpha value is -1.05. The predicted octanol–water partition coefficient (Wildman–Crippen LogP) is 4.33. The number of halogens is 2. The first kappa shape index (κ1) is 16.3. The molecule has 0 spiro atoms. The Morgan fingerprint density at radius 3 is 2.48 bits per heavy atom. The molecule has 4 nitrogen and oxygen atoms in total. The lowest BCUT2D eigenvalue weighted by Gasteiger charge is -2.12. The van der Waals surface area contributed by atoms with Crippen molar-refractivity contribution in [2.24, 2.45) is 0 Å². The van der Waals surface area contributed by atoms with Crippen LogP contribution in [0.5, 0.6) is 5.75 Å². The van der Waals surface area contributed by atoms with Crippen molar-refractivity contribution in [2.75, 3.05) is 11.8 Å². The third-order valence-corrected chi connectivity index (χ3v) is 5.51. The molecule has 0 amide bonds. The molecule has 0 bridgehead atoms. The molecule has 0 aliphatic carbocycles. The highest BCUT2D eigenvalue weighted by Crippen LogP contribution is 2.29. The van der Waals surface area contributed by atoms with Gasteiger partial charge in [-0.3, -0.25) is 4.72 Å². The van der Waals surface area contributed by atoms with Gasteiger partial charge in [0.25, 0.3) is 10.0 Å². The molecule has 2 aromatic rings. The van der Waals surface area contributed by atoms with E-state index in [2.05, 4.69) is 36.6 Å². The second kappa shape index (κ2) is 6.37. The van der Waals surface area contributed by atoms with Crippen LogP contribution in [-0.4, -0.2) is 15.5 Å². The number of hydrogen-bond donors (Lipinski definition) is 1. The van der Waals surface area contributed by atoms with Gasteiger partial charge in [-0.05, 0) is 52.7 Å². The minimum absolute atomic E-state index is 0.235. The van der Waals surface area contributed by atoms with Crippen LogP contribution in [0.4, 0.5) is 5.69 Å². The summed E-state index contributed by atoms with van der Waals surface area (Å²) < 4.78 is 34.1. The fourth-order valence-corrected chi connectivity index (χ4v) is 4.04. The number of hydrogen-bond acceptors (Lipinski definition) is 3. The van der Waals surface area contributed by atoms with Crippen LogP contribution in [0.15, 0.2) is 50.2 Å². The van der Waals surface area contributed by atoms with Crippen LogP contribution in [-0.2, 0) is 10.0 Å². The molecule has 0 unspecified atom stereocenters. The lowest BCUT2D eigenvalue weighted by atomic mass is 10.2. The second-order valence-electron chi connectivity index (χ2n) is 4.36. The summed E-state index contributed by atoms with van der Waals surface area (Å²) in [5, 5.41) is 0. The molecule has 0 fully saturated rings. The Morgan fingerprint density at radius 2 is 1.81 bits per heavy atom. The third-order valence-electron chi connectivity index (χ3n) is 2.84. The maximum absolute atomic E-state index is 12.5. The zero-order chi connectivity index (χ0) is 15.6. The molecule has 0 aliphatic heterocycles. The van der Waals surface area contributed by atoms with Crippen molar-refractivity contribution in [3.05, 3.63) is 50.9 Å². The zero-order valence-electron chi connectivity index (χ0n) is 11.4. The van der Waals surface area contributed by atoms with Crippen molar-refractivity contribution < 1.29 is 13.2 Å². The molecule has 7 heteroatoms. The lowest BCUT2D eigenvalue weighted by Crippen LogP contribution is -2.14. The van der Waals surface area contributed by atoms with Crippen LogP contribution in [0, 0.1) is 6.92 Å². The average Bonchev–Trinajstić information content (AvgIpc) is 2.43. The molecule has 2 aromatic carbocycles. The maximum Gasteiger partial charge on any atom is 0.262 e. The standard InChI is InChI=1S/C14H13Br2NO3S/c1-9-3-4-10(15)7-14(9)21(18,19)17-11-5-6-12(16)13(8-11)20-2/h3-8,17H,1-2H3. The molecule has 0 radical (unpaired) electrons. The number of sulfonamides is 1. The van der Waals surface area contributed by atoms with E-state index in [1.807, 2.05) is 0 Å². The van der Waals surface area contributed by atoms with Gasteiger partial charge in [0.05, 0.1) is 22.2 Å². The number of benzene rings is 2. The normalized spacial score (nSPS) is 11.2. The van der Waals surface area contributed by atoms with Crippen molar-refractivity contribution in [3.8, 4) is 5.75 Å². The van der Waals surface area contributed by atoms with E-state index < -0.39 is 10.0 Å². The molecule has 2 rings (SSSR count). The first-order valence-corrected chi connectivity index (χ1v) is 9.03. The number of anilines is 1. The summed E-state index contributed by atoms with van der Waals surface area (Å²) in [4.78, 5) is 0.235. The molecule has 0 saturated heterocycles. The van der Waals surface area contributed by atoms with E-state index >= 15 is 0 Å². The van der Waals surface area contributed by atoms with E-state index in [1.54, 1.807) is 43.3 Å². The number of ether oxygens (including phenoxy) is 1. The first-order chi connectivity index (χ1) is 9.83. The van der Waals surface area contributed by atoms with Crippen LogP contribution < -0.4 is 9.46 Å². The maximum atomic E-state index is 12.5. The fourth-order valence-electron chi connectivity index (χ4n) is 1.80. The van der Waals surface area contributed by atoms with Gasteiger partial charge < -0.3 is 4.74 Å². The Labute approximate surface area is 140 Å². The quantitative estimate of drug-likeness (QED) is 0.778. The Kier molecular flexibility index (Phi) is 4.95. The molecule has 112 valence electrons. The average molecular weight is 435 g/mol. The van der Waals surface area contributed by atoms with Crippen LogP contribution in [0.25, 0.3) is 0 Å². The molecule has 0 atom stereocenters. The van der Waals surface area contributed by atoms with Crippen molar-refractivity contribution in [1.82, 2.24) is 0 Å². The summed E-state index contributed by atoms with van der Waals surface area (Å²) in [7, 11) is -2.13. The summed E-state index contributed by atoms with van der Waals surface area (Å²) in [6, 6.07) is 10.1. The molecule has 1 N–H and O–H groups in total. The molecule has 21 heavy (non-hydrogen) atoms. The van der Waals surface area contributed by atoms with Crippen molar-refractivity contribution in [2.45, 2.75) is 11.8 Å². The number of rotatable bonds is 4. The first-order valence-electron chi connectivity index (χ1n) is 5.96.